The van der Waals surface area contributed by atoms with Gasteiger partial charge in [-0.25, -0.2) is 0 Å². The molecule has 4 nitrogen and oxygen atoms in total. The monoisotopic (exact) mass is 369 g/mol. The van der Waals surface area contributed by atoms with Crippen LogP contribution >= 0.6 is 0 Å². The second-order valence-corrected chi connectivity index (χ2v) is 6.96. The van der Waals surface area contributed by atoms with Gasteiger partial charge < -0.3 is 4.74 Å². The van der Waals surface area contributed by atoms with Gasteiger partial charge in [0.05, 0.1) is 18.6 Å². The first-order valence-corrected chi connectivity index (χ1v) is 9.30. The van der Waals surface area contributed by atoms with E-state index in [-0.39, 0.29) is 12.4 Å². The minimum Gasteiger partial charge on any atom is -0.465 e. The molecule has 0 unspecified atom stereocenters. The molecule has 0 saturated heterocycles. The lowest BCUT2D eigenvalue weighted by molar-refractivity contribution is -0.147. The highest BCUT2D eigenvalue weighted by atomic mass is 16.5. The third-order valence-corrected chi connectivity index (χ3v) is 5.50. The van der Waals surface area contributed by atoms with Gasteiger partial charge in [0.2, 0.25) is 0 Å². The van der Waals surface area contributed by atoms with Gasteiger partial charge in [0.1, 0.15) is 0 Å². The molecule has 3 aromatic carbocycles. The summed E-state index contributed by atoms with van der Waals surface area (Å²) in [6.07, 6.45) is 0. The van der Waals surface area contributed by atoms with Crippen LogP contribution in [-0.2, 0) is 9.53 Å². The summed E-state index contributed by atoms with van der Waals surface area (Å²) < 4.78 is 5.23. The van der Waals surface area contributed by atoms with Crippen molar-refractivity contribution in [3.8, 4) is 6.07 Å². The zero-order valence-corrected chi connectivity index (χ0v) is 15.5. The van der Waals surface area contributed by atoms with Crippen LogP contribution in [0.1, 0.15) is 28.8 Å². The van der Waals surface area contributed by atoms with Crippen LogP contribution in [0.2, 0.25) is 0 Å². The van der Waals surface area contributed by atoms with Crippen LogP contribution in [0.15, 0.2) is 72.8 Å². The number of ketones is 1. The summed E-state index contributed by atoms with van der Waals surface area (Å²) in [5.74, 6) is -2.11. The molecule has 138 valence electrons. The summed E-state index contributed by atoms with van der Waals surface area (Å²) in [4.78, 5) is 26.1. The average molecular weight is 369 g/mol. The van der Waals surface area contributed by atoms with Crippen molar-refractivity contribution in [3.05, 3.63) is 83.9 Å². The molecule has 0 heterocycles. The van der Waals surface area contributed by atoms with Crippen LogP contribution in [0, 0.1) is 22.7 Å². The standard InChI is InChI=1S/C24H19NO3/c1-2-28-23(27)24(15-25)20(21(24)22(26)17-10-4-3-5-11-17)19-14-8-12-16-9-6-7-13-18(16)19/h3-14,20-21H,2H2,1H3/t20-,21+,24-/m1/s1. The van der Waals surface area contributed by atoms with E-state index in [4.69, 9.17) is 4.74 Å². The molecule has 3 aromatic rings. The van der Waals surface area contributed by atoms with Crippen molar-refractivity contribution in [2.75, 3.05) is 6.61 Å². The van der Waals surface area contributed by atoms with Gasteiger partial charge in [-0.1, -0.05) is 72.8 Å². The maximum Gasteiger partial charge on any atom is 0.327 e. The lowest BCUT2D eigenvalue weighted by Crippen LogP contribution is -2.23. The molecule has 0 N–H and O–H groups in total. The molecule has 4 heteroatoms. The van der Waals surface area contributed by atoms with Gasteiger partial charge in [-0.3, -0.25) is 9.59 Å². The van der Waals surface area contributed by atoms with E-state index >= 15 is 0 Å². The molecule has 4 rings (SSSR count). The summed E-state index contributed by atoms with van der Waals surface area (Å²) in [7, 11) is 0. The minimum absolute atomic E-state index is 0.163. The number of hydrogen-bond acceptors (Lipinski definition) is 4. The fraction of sp³-hybridized carbons (Fsp3) is 0.208. The van der Waals surface area contributed by atoms with Gasteiger partial charge in [-0.2, -0.15) is 5.26 Å². The molecule has 1 fully saturated rings. The van der Waals surface area contributed by atoms with Crippen LogP contribution in [0.25, 0.3) is 10.8 Å². The van der Waals surface area contributed by atoms with Crippen LogP contribution in [0.3, 0.4) is 0 Å². The van der Waals surface area contributed by atoms with Gasteiger partial charge in [0, 0.05) is 11.5 Å². The zero-order valence-electron chi connectivity index (χ0n) is 15.5. The van der Waals surface area contributed by atoms with Gasteiger partial charge in [0.25, 0.3) is 0 Å². The summed E-state index contributed by atoms with van der Waals surface area (Å²) >= 11 is 0. The number of nitrogens with zero attached hydrogens (tertiary/aromatic N) is 1. The first kappa shape index (κ1) is 17.9. The van der Waals surface area contributed by atoms with Crippen molar-refractivity contribution >= 4 is 22.5 Å². The summed E-state index contributed by atoms with van der Waals surface area (Å²) in [5, 5.41) is 12.0. The predicted molar refractivity (Wildman–Crippen MR) is 106 cm³/mol. The molecule has 0 amide bonds. The third-order valence-electron chi connectivity index (χ3n) is 5.50. The molecule has 0 aliphatic heterocycles. The zero-order chi connectivity index (χ0) is 19.7. The third kappa shape index (κ3) is 2.59. The quantitative estimate of drug-likeness (QED) is 0.490. The minimum atomic E-state index is -1.49. The second kappa shape index (κ2) is 6.94. The number of carbonyl (C=O) groups is 2. The van der Waals surface area contributed by atoms with Gasteiger partial charge >= 0.3 is 5.97 Å². The molecular weight excluding hydrogens is 350 g/mol. The lowest BCUT2D eigenvalue weighted by atomic mass is 9.96. The number of ether oxygens (including phenoxy) is 1. The number of carbonyl (C=O) groups excluding carboxylic acids is 2. The Labute approximate surface area is 163 Å². The van der Waals surface area contributed by atoms with E-state index in [1.165, 1.54) is 0 Å². The molecule has 1 aliphatic rings. The fourth-order valence-corrected chi connectivity index (χ4v) is 4.16. The molecule has 0 aromatic heterocycles. The number of hydrogen-bond donors (Lipinski definition) is 0. The van der Waals surface area contributed by atoms with E-state index in [1.54, 1.807) is 31.2 Å². The lowest BCUT2D eigenvalue weighted by Gasteiger charge is -2.10. The first-order valence-electron chi connectivity index (χ1n) is 9.30. The van der Waals surface area contributed by atoms with E-state index < -0.39 is 23.2 Å². The summed E-state index contributed by atoms with van der Waals surface area (Å²) in [5.41, 5.74) is -0.159. The van der Waals surface area contributed by atoms with Crippen LogP contribution in [-0.4, -0.2) is 18.4 Å². The van der Waals surface area contributed by atoms with Gasteiger partial charge in [-0.05, 0) is 23.3 Å². The molecular formula is C24H19NO3. The van der Waals surface area contributed by atoms with Crippen molar-refractivity contribution in [2.45, 2.75) is 12.8 Å². The predicted octanol–water partition coefficient (Wildman–Crippen LogP) is 4.51. The fourth-order valence-electron chi connectivity index (χ4n) is 4.16. The van der Waals surface area contributed by atoms with E-state index in [0.29, 0.717) is 5.56 Å². The van der Waals surface area contributed by atoms with E-state index in [9.17, 15) is 14.9 Å². The Morgan fingerprint density at radius 2 is 1.68 bits per heavy atom. The normalized spacial score (nSPS) is 23.0. The number of rotatable bonds is 5. The van der Waals surface area contributed by atoms with Crippen LogP contribution in [0.5, 0.6) is 0 Å². The van der Waals surface area contributed by atoms with Gasteiger partial charge in [-0.15, -0.1) is 0 Å². The molecule has 0 radical (unpaired) electrons. The van der Waals surface area contributed by atoms with E-state index in [0.717, 1.165) is 16.3 Å². The number of Topliss-reactive ketones (excluding diaryl/α,β-unsaturated/α-hetero) is 1. The Balaban J connectivity index is 1.86. The van der Waals surface area contributed by atoms with Crippen molar-refractivity contribution in [2.24, 2.45) is 11.3 Å². The van der Waals surface area contributed by atoms with E-state index in [1.807, 2.05) is 48.5 Å². The number of esters is 1. The Morgan fingerprint density at radius 3 is 2.39 bits per heavy atom. The Morgan fingerprint density at radius 1 is 1.00 bits per heavy atom. The molecule has 1 aliphatic carbocycles. The van der Waals surface area contributed by atoms with Crippen molar-refractivity contribution in [3.63, 3.8) is 0 Å². The number of benzene rings is 3. The molecule has 28 heavy (non-hydrogen) atoms. The average Bonchev–Trinajstić information content (AvgIpc) is 3.43. The molecule has 3 atom stereocenters. The highest BCUT2D eigenvalue weighted by Crippen LogP contribution is 2.67. The molecule has 1 saturated carbocycles. The van der Waals surface area contributed by atoms with E-state index in [2.05, 4.69) is 6.07 Å². The Hall–Kier alpha value is -3.45. The second-order valence-electron chi connectivity index (χ2n) is 6.96. The topological polar surface area (TPSA) is 67.2 Å². The highest BCUT2D eigenvalue weighted by Gasteiger charge is 2.75. The van der Waals surface area contributed by atoms with Crippen molar-refractivity contribution < 1.29 is 14.3 Å². The Bertz CT molecular complexity index is 1090. The largest absolute Gasteiger partial charge is 0.465 e. The summed E-state index contributed by atoms with van der Waals surface area (Å²) in [6.45, 7) is 1.86. The molecule has 0 spiro atoms. The Kier molecular flexibility index (Phi) is 4.44. The smallest absolute Gasteiger partial charge is 0.327 e. The van der Waals surface area contributed by atoms with Gasteiger partial charge in [0.15, 0.2) is 11.2 Å². The highest BCUT2D eigenvalue weighted by molar-refractivity contribution is 6.08. The molecule has 0 bridgehead atoms. The van der Waals surface area contributed by atoms with Crippen LogP contribution < -0.4 is 0 Å². The van der Waals surface area contributed by atoms with Crippen molar-refractivity contribution in [1.82, 2.24) is 0 Å². The maximum absolute atomic E-state index is 13.3. The SMILES string of the molecule is CCOC(=O)[C@@]1(C#N)[C@H](C(=O)c2ccccc2)[C@H]1c1cccc2ccccc12. The number of fused-ring (bicyclic) bond motifs is 1. The summed E-state index contributed by atoms with van der Waals surface area (Å²) in [6, 6.07) is 24.5. The maximum atomic E-state index is 13.3. The van der Waals surface area contributed by atoms with Crippen molar-refractivity contribution in [1.29, 1.82) is 5.26 Å². The number of nitriles is 1. The first-order chi connectivity index (χ1) is 13.6. The van der Waals surface area contributed by atoms with Crippen LogP contribution in [0.4, 0.5) is 0 Å².